The van der Waals surface area contributed by atoms with E-state index in [9.17, 15) is 0 Å². The van der Waals surface area contributed by atoms with E-state index in [4.69, 9.17) is 10.5 Å². The maximum atomic E-state index is 5.81. The van der Waals surface area contributed by atoms with Gasteiger partial charge in [-0.1, -0.05) is 13.8 Å². The zero-order valence-electron chi connectivity index (χ0n) is 10.6. The highest BCUT2D eigenvalue weighted by molar-refractivity contribution is 7.09. The van der Waals surface area contributed by atoms with E-state index in [2.05, 4.69) is 31.1 Å². The maximum absolute atomic E-state index is 5.81. The van der Waals surface area contributed by atoms with Crippen molar-refractivity contribution >= 4 is 11.3 Å². The maximum Gasteiger partial charge on any atom is 0.125 e. The highest BCUT2D eigenvalue weighted by Gasteiger charge is 2.28. The first kappa shape index (κ1) is 13.6. The molecule has 0 aliphatic rings. The van der Waals surface area contributed by atoms with Crippen molar-refractivity contribution in [1.29, 1.82) is 0 Å². The molecule has 0 radical (unpaired) electrons. The second kappa shape index (κ2) is 5.75. The second-order valence-electron chi connectivity index (χ2n) is 4.23. The van der Waals surface area contributed by atoms with Crippen molar-refractivity contribution in [2.45, 2.75) is 45.6 Å². The van der Waals surface area contributed by atoms with Crippen LogP contribution in [0.1, 0.15) is 50.7 Å². The minimum absolute atomic E-state index is 0.244. The first-order valence-electron chi connectivity index (χ1n) is 5.87. The predicted octanol–water partition coefficient (Wildman–Crippen LogP) is 2.87. The molecule has 0 fully saturated rings. The molecule has 92 valence electrons. The fourth-order valence-electron chi connectivity index (χ4n) is 1.51. The predicted molar refractivity (Wildman–Crippen MR) is 68.9 cm³/mol. The van der Waals surface area contributed by atoms with Crippen molar-refractivity contribution in [2.24, 2.45) is 5.73 Å². The lowest BCUT2D eigenvalue weighted by molar-refractivity contribution is -0.0325. The molecule has 1 heterocycles. The lowest BCUT2D eigenvalue weighted by Crippen LogP contribution is -2.25. The Kier molecular flexibility index (Phi) is 4.89. The molecule has 0 amide bonds. The Hall–Kier alpha value is -0.450. The number of nitrogens with zero attached hydrogens (tertiary/aromatic N) is 1. The Morgan fingerprint density at radius 3 is 2.75 bits per heavy atom. The van der Waals surface area contributed by atoms with Gasteiger partial charge in [0, 0.05) is 24.4 Å². The summed E-state index contributed by atoms with van der Waals surface area (Å²) in [5, 5.41) is 3.16. The van der Waals surface area contributed by atoms with E-state index in [1.165, 1.54) is 0 Å². The quantitative estimate of drug-likeness (QED) is 0.834. The van der Waals surface area contributed by atoms with E-state index < -0.39 is 0 Å². The average molecular weight is 242 g/mol. The van der Waals surface area contributed by atoms with Crippen LogP contribution in [0.15, 0.2) is 5.38 Å². The SMILES string of the molecule is CCOC(C)(CC)c1nc(C(C)CN)cs1. The Labute approximate surface area is 102 Å². The summed E-state index contributed by atoms with van der Waals surface area (Å²) in [4.78, 5) is 4.66. The van der Waals surface area contributed by atoms with Crippen molar-refractivity contribution < 1.29 is 4.74 Å². The van der Waals surface area contributed by atoms with Crippen molar-refractivity contribution in [2.75, 3.05) is 13.2 Å². The summed E-state index contributed by atoms with van der Waals surface area (Å²) in [5.74, 6) is 0.327. The largest absolute Gasteiger partial charge is 0.368 e. The molecule has 1 rings (SSSR count). The molecule has 0 spiro atoms. The van der Waals surface area contributed by atoms with Gasteiger partial charge in [-0.05, 0) is 20.3 Å². The standard InChI is InChI=1S/C12H22N2OS/c1-5-12(4,15-6-2)11-14-10(8-16-11)9(3)7-13/h8-9H,5-7,13H2,1-4H3. The first-order chi connectivity index (χ1) is 7.57. The van der Waals surface area contributed by atoms with Crippen molar-refractivity contribution in [3.8, 4) is 0 Å². The summed E-state index contributed by atoms with van der Waals surface area (Å²) in [6.45, 7) is 9.70. The fraction of sp³-hybridized carbons (Fsp3) is 0.750. The Bertz CT molecular complexity index is 327. The van der Waals surface area contributed by atoms with E-state index in [1.807, 2.05) is 6.92 Å². The molecule has 1 aromatic heterocycles. The number of hydrogen-bond acceptors (Lipinski definition) is 4. The van der Waals surface area contributed by atoms with Crippen LogP contribution in [-0.2, 0) is 10.3 Å². The van der Waals surface area contributed by atoms with Crippen molar-refractivity contribution in [3.05, 3.63) is 16.1 Å². The van der Waals surface area contributed by atoms with Crippen LogP contribution in [0.4, 0.5) is 0 Å². The molecule has 1 aromatic rings. The van der Waals surface area contributed by atoms with Gasteiger partial charge < -0.3 is 10.5 Å². The number of nitrogens with two attached hydrogens (primary N) is 1. The van der Waals surface area contributed by atoms with E-state index >= 15 is 0 Å². The van der Waals surface area contributed by atoms with Crippen LogP contribution in [-0.4, -0.2) is 18.1 Å². The molecule has 0 saturated carbocycles. The minimum Gasteiger partial charge on any atom is -0.368 e. The molecular weight excluding hydrogens is 220 g/mol. The molecule has 0 bridgehead atoms. The molecule has 0 aliphatic carbocycles. The van der Waals surface area contributed by atoms with E-state index in [0.29, 0.717) is 19.1 Å². The highest BCUT2D eigenvalue weighted by atomic mass is 32.1. The summed E-state index contributed by atoms with van der Waals surface area (Å²) in [5.41, 5.74) is 6.49. The molecule has 4 heteroatoms. The normalized spacial score (nSPS) is 17.1. The van der Waals surface area contributed by atoms with Gasteiger partial charge in [0.25, 0.3) is 0 Å². The molecule has 2 unspecified atom stereocenters. The van der Waals surface area contributed by atoms with Crippen LogP contribution in [0, 0.1) is 0 Å². The molecule has 0 aliphatic heterocycles. The summed E-state index contributed by atoms with van der Waals surface area (Å²) in [6, 6.07) is 0. The van der Waals surface area contributed by atoms with Crippen LogP contribution in [0.5, 0.6) is 0 Å². The molecule has 0 saturated heterocycles. The van der Waals surface area contributed by atoms with Gasteiger partial charge in [0.1, 0.15) is 10.6 Å². The number of ether oxygens (including phenoxy) is 1. The lowest BCUT2D eigenvalue weighted by Gasteiger charge is -2.25. The van der Waals surface area contributed by atoms with Gasteiger partial charge in [0.15, 0.2) is 0 Å². The summed E-state index contributed by atoms with van der Waals surface area (Å²) in [7, 11) is 0. The Morgan fingerprint density at radius 1 is 1.56 bits per heavy atom. The summed E-state index contributed by atoms with van der Waals surface area (Å²) >= 11 is 1.67. The third-order valence-electron chi connectivity index (χ3n) is 2.97. The van der Waals surface area contributed by atoms with Gasteiger partial charge in [-0.2, -0.15) is 0 Å². The number of aromatic nitrogens is 1. The molecule has 2 N–H and O–H groups in total. The lowest BCUT2D eigenvalue weighted by atomic mass is 10.0. The van der Waals surface area contributed by atoms with Crippen molar-refractivity contribution in [1.82, 2.24) is 4.98 Å². The zero-order chi connectivity index (χ0) is 12.2. The Morgan fingerprint density at radius 2 is 2.25 bits per heavy atom. The number of hydrogen-bond donors (Lipinski definition) is 1. The van der Waals surface area contributed by atoms with Gasteiger partial charge in [-0.25, -0.2) is 4.98 Å². The third-order valence-corrected chi connectivity index (χ3v) is 4.08. The monoisotopic (exact) mass is 242 g/mol. The number of rotatable bonds is 6. The van der Waals surface area contributed by atoms with Gasteiger partial charge in [-0.15, -0.1) is 11.3 Å². The minimum atomic E-state index is -0.244. The molecule has 0 aromatic carbocycles. The van der Waals surface area contributed by atoms with Gasteiger partial charge in [0.2, 0.25) is 0 Å². The fourth-order valence-corrected chi connectivity index (χ4v) is 2.64. The summed E-state index contributed by atoms with van der Waals surface area (Å²) in [6.07, 6.45) is 0.935. The van der Waals surface area contributed by atoms with Gasteiger partial charge >= 0.3 is 0 Å². The third kappa shape index (κ3) is 2.81. The highest BCUT2D eigenvalue weighted by Crippen LogP contribution is 2.32. The zero-order valence-corrected chi connectivity index (χ0v) is 11.4. The topological polar surface area (TPSA) is 48.1 Å². The molecule has 16 heavy (non-hydrogen) atoms. The molecule has 3 nitrogen and oxygen atoms in total. The molecule has 2 atom stereocenters. The Balaban J connectivity index is 2.90. The van der Waals surface area contributed by atoms with Crippen LogP contribution in [0.2, 0.25) is 0 Å². The van der Waals surface area contributed by atoms with Gasteiger partial charge in [-0.3, -0.25) is 0 Å². The summed E-state index contributed by atoms with van der Waals surface area (Å²) < 4.78 is 5.81. The van der Waals surface area contributed by atoms with E-state index in [0.717, 1.165) is 17.1 Å². The van der Waals surface area contributed by atoms with Gasteiger partial charge in [0.05, 0.1) is 5.69 Å². The number of thiazole rings is 1. The van der Waals surface area contributed by atoms with Crippen molar-refractivity contribution in [3.63, 3.8) is 0 Å². The second-order valence-corrected chi connectivity index (χ2v) is 5.09. The van der Waals surface area contributed by atoms with E-state index in [-0.39, 0.29) is 5.60 Å². The van der Waals surface area contributed by atoms with Crippen LogP contribution < -0.4 is 5.73 Å². The van der Waals surface area contributed by atoms with Crippen LogP contribution in [0.25, 0.3) is 0 Å². The first-order valence-corrected chi connectivity index (χ1v) is 6.75. The van der Waals surface area contributed by atoms with Crippen LogP contribution in [0.3, 0.4) is 0 Å². The van der Waals surface area contributed by atoms with E-state index in [1.54, 1.807) is 11.3 Å². The van der Waals surface area contributed by atoms with Crippen LogP contribution >= 0.6 is 11.3 Å². The average Bonchev–Trinajstić information content (AvgIpc) is 2.78. The smallest absolute Gasteiger partial charge is 0.125 e. The molecular formula is C12H22N2OS.